The van der Waals surface area contributed by atoms with Crippen molar-refractivity contribution < 1.29 is 14.3 Å². The summed E-state index contributed by atoms with van der Waals surface area (Å²) >= 11 is 0. The van der Waals surface area contributed by atoms with Crippen LogP contribution in [0.25, 0.3) is 11.3 Å². The van der Waals surface area contributed by atoms with E-state index >= 15 is 0 Å². The molecule has 0 spiro atoms. The number of hydrogen-bond acceptors (Lipinski definition) is 5. The first-order valence-corrected chi connectivity index (χ1v) is 10.9. The fraction of sp³-hybridized carbons (Fsp3) is 0.542. The van der Waals surface area contributed by atoms with Gasteiger partial charge in [-0.05, 0) is 24.5 Å². The van der Waals surface area contributed by atoms with Gasteiger partial charge >= 0.3 is 5.97 Å². The first-order chi connectivity index (χ1) is 14.2. The average molecular weight is 399 g/mol. The molecule has 0 amide bonds. The summed E-state index contributed by atoms with van der Waals surface area (Å²) in [6.07, 6.45) is 11.5. The molecule has 1 aromatic carbocycles. The van der Waals surface area contributed by atoms with Crippen LogP contribution in [0.1, 0.15) is 72.1 Å². The molecular formula is C24H34N2O3. The maximum absolute atomic E-state index is 12.3. The van der Waals surface area contributed by atoms with E-state index in [1.165, 1.54) is 32.0 Å². The second-order valence-corrected chi connectivity index (χ2v) is 7.55. The Balaban J connectivity index is 2.03. The number of rotatable bonds is 13. The molecule has 1 heterocycles. The predicted octanol–water partition coefficient (Wildman–Crippen LogP) is 6.22. The van der Waals surface area contributed by atoms with Gasteiger partial charge in [0.1, 0.15) is 17.8 Å². The molecule has 0 saturated heterocycles. The molecule has 29 heavy (non-hydrogen) atoms. The molecule has 2 rings (SSSR count). The van der Waals surface area contributed by atoms with E-state index in [1.54, 1.807) is 12.3 Å². The van der Waals surface area contributed by atoms with Crippen molar-refractivity contribution in [3.8, 4) is 22.8 Å². The van der Waals surface area contributed by atoms with Crippen molar-refractivity contribution >= 4 is 5.97 Å². The Kier molecular flexibility index (Phi) is 10.2. The monoisotopic (exact) mass is 398 g/mol. The second kappa shape index (κ2) is 12.9. The number of ether oxygens (including phenoxy) is 2. The van der Waals surface area contributed by atoms with Crippen molar-refractivity contribution in [1.29, 1.82) is 0 Å². The van der Waals surface area contributed by atoms with E-state index < -0.39 is 0 Å². The Bertz CT molecular complexity index is 748. The minimum atomic E-state index is -0.205. The number of hydrogen-bond donors (Lipinski definition) is 0. The standard InChI is InChI=1S/C24H34N2O3/c1-4-6-7-8-9-10-15-23(27)29-21-14-12-11-13-20(21)24-22(16-25-18-26-24)28-17-19(3)5-2/h11-14,16,18-19H,4-10,15,17H2,1-3H3. The minimum absolute atomic E-state index is 0.205. The number of para-hydroxylation sites is 1. The molecule has 0 saturated carbocycles. The van der Waals surface area contributed by atoms with Crippen LogP contribution in [-0.2, 0) is 4.79 Å². The van der Waals surface area contributed by atoms with Gasteiger partial charge in [-0.1, -0.05) is 71.4 Å². The van der Waals surface area contributed by atoms with Crippen molar-refractivity contribution in [3.63, 3.8) is 0 Å². The highest BCUT2D eigenvalue weighted by atomic mass is 16.5. The Labute approximate surface area is 174 Å². The third-order valence-corrected chi connectivity index (χ3v) is 5.00. The van der Waals surface area contributed by atoms with Gasteiger partial charge < -0.3 is 9.47 Å². The van der Waals surface area contributed by atoms with Crippen LogP contribution in [0.4, 0.5) is 0 Å². The van der Waals surface area contributed by atoms with Crippen LogP contribution in [-0.4, -0.2) is 22.5 Å². The maximum Gasteiger partial charge on any atom is 0.311 e. The third kappa shape index (κ3) is 7.84. The molecule has 1 atom stereocenters. The Morgan fingerprint density at radius 1 is 1.03 bits per heavy atom. The fourth-order valence-electron chi connectivity index (χ4n) is 2.95. The molecule has 0 radical (unpaired) electrons. The third-order valence-electron chi connectivity index (χ3n) is 5.00. The van der Waals surface area contributed by atoms with E-state index in [4.69, 9.17) is 9.47 Å². The SMILES string of the molecule is CCCCCCCCC(=O)Oc1ccccc1-c1ncncc1OCC(C)CC. The van der Waals surface area contributed by atoms with Gasteiger partial charge in [0.05, 0.1) is 12.8 Å². The van der Waals surface area contributed by atoms with Crippen LogP contribution >= 0.6 is 0 Å². The normalized spacial score (nSPS) is 11.8. The van der Waals surface area contributed by atoms with Crippen molar-refractivity contribution in [3.05, 3.63) is 36.8 Å². The highest BCUT2D eigenvalue weighted by molar-refractivity contribution is 5.78. The number of nitrogens with zero attached hydrogens (tertiary/aromatic N) is 2. The second-order valence-electron chi connectivity index (χ2n) is 7.55. The average Bonchev–Trinajstić information content (AvgIpc) is 2.75. The lowest BCUT2D eigenvalue weighted by Crippen LogP contribution is -2.10. The molecule has 0 aliphatic heterocycles. The summed E-state index contributed by atoms with van der Waals surface area (Å²) in [5.41, 5.74) is 1.39. The smallest absolute Gasteiger partial charge is 0.311 e. The van der Waals surface area contributed by atoms with Crippen molar-refractivity contribution in [2.75, 3.05) is 6.61 Å². The summed E-state index contributed by atoms with van der Waals surface area (Å²) < 4.78 is 11.6. The van der Waals surface area contributed by atoms with Gasteiger partial charge in [-0.25, -0.2) is 9.97 Å². The molecule has 5 nitrogen and oxygen atoms in total. The Morgan fingerprint density at radius 3 is 2.59 bits per heavy atom. The first kappa shape index (κ1) is 22.9. The van der Waals surface area contributed by atoms with Gasteiger partial charge in [0.15, 0.2) is 5.75 Å². The van der Waals surface area contributed by atoms with Gasteiger partial charge in [-0.3, -0.25) is 4.79 Å². The summed E-state index contributed by atoms with van der Waals surface area (Å²) in [4.78, 5) is 20.8. The molecule has 0 bridgehead atoms. The zero-order valence-corrected chi connectivity index (χ0v) is 18.0. The zero-order valence-electron chi connectivity index (χ0n) is 18.0. The highest BCUT2D eigenvalue weighted by Gasteiger charge is 2.16. The number of aromatic nitrogens is 2. The highest BCUT2D eigenvalue weighted by Crippen LogP contribution is 2.34. The van der Waals surface area contributed by atoms with Gasteiger partial charge in [0.2, 0.25) is 0 Å². The summed E-state index contributed by atoms with van der Waals surface area (Å²) in [7, 11) is 0. The number of carbonyl (C=O) groups is 1. The molecular weight excluding hydrogens is 364 g/mol. The number of carbonyl (C=O) groups excluding carboxylic acids is 1. The predicted molar refractivity (Wildman–Crippen MR) is 116 cm³/mol. The molecule has 5 heteroatoms. The van der Waals surface area contributed by atoms with E-state index in [1.807, 2.05) is 18.2 Å². The minimum Gasteiger partial charge on any atom is -0.489 e. The van der Waals surface area contributed by atoms with Crippen LogP contribution < -0.4 is 9.47 Å². The maximum atomic E-state index is 12.3. The molecule has 2 aromatic rings. The molecule has 0 N–H and O–H groups in total. The first-order valence-electron chi connectivity index (χ1n) is 10.9. The van der Waals surface area contributed by atoms with E-state index in [9.17, 15) is 4.79 Å². The lowest BCUT2D eigenvalue weighted by molar-refractivity contribution is -0.134. The van der Waals surface area contributed by atoms with E-state index in [0.717, 1.165) is 24.8 Å². The number of esters is 1. The Hall–Kier alpha value is -2.43. The topological polar surface area (TPSA) is 61.3 Å². The summed E-state index contributed by atoms with van der Waals surface area (Å²) in [6, 6.07) is 7.46. The lowest BCUT2D eigenvalue weighted by atomic mass is 10.1. The van der Waals surface area contributed by atoms with Crippen molar-refractivity contribution in [2.45, 2.75) is 72.1 Å². The number of benzene rings is 1. The molecule has 1 aromatic heterocycles. The zero-order chi connectivity index (χ0) is 20.9. The number of unbranched alkanes of at least 4 members (excludes halogenated alkanes) is 5. The summed E-state index contributed by atoms with van der Waals surface area (Å²) in [5.74, 6) is 1.35. The molecule has 1 unspecified atom stereocenters. The summed E-state index contributed by atoms with van der Waals surface area (Å²) in [6.45, 7) is 7.07. The molecule has 0 aliphatic rings. The van der Waals surface area contributed by atoms with Crippen LogP contribution in [0.2, 0.25) is 0 Å². The molecule has 0 aliphatic carbocycles. The van der Waals surface area contributed by atoms with E-state index in [2.05, 4.69) is 30.7 Å². The molecule has 158 valence electrons. The van der Waals surface area contributed by atoms with Crippen LogP contribution in [0.15, 0.2) is 36.8 Å². The van der Waals surface area contributed by atoms with Crippen LogP contribution in [0.5, 0.6) is 11.5 Å². The van der Waals surface area contributed by atoms with E-state index in [-0.39, 0.29) is 5.97 Å². The van der Waals surface area contributed by atoms with Crippen molar-refractivity contribution in [1.82, 2.24) is 9.97 Å². The largest absolute Gasteiger partial charge is 0.489 e. The Morgan fingerprint density at radius 2 is 1.79 bits per heavy atom. The van der Waals surface area contributed by atoms with E-state index in [0.29, 0.717) is 36.1 Å². The van der Waals surface area contributed by atoms with Gasteiger partial charge in [-0.15, -0.1) is 0 Å². The van der Waals surface area contributed by atoms with Crippen LogP contribution in [0, 0.1) is 5.92 Å². The van der Waals surface area contributed by atoms with Gasteiger partial charge in [0.25, 0.3) is 0 Å². The lowest BCUT2D eigenvalue weighted by Gasteiger charge is -2.15. The summed E-state index contributed by atoms with van der Waals surface area (Å²) in [5, 5.41) is 0. The van der Waals surface area contributed by atoms with Gasteiger partial charge in [-0.2, -0.15) is 0 Å². The van der Waals surface area contributed by atoms with Crippen molar-refractivity contribution in [2.24, 2.45) is 5.92 Å². The molecule has 0 fully saturated rings. The van der Waals surface area contributed by atoms with Crippen LogP contribution in [0.3, 0.4) is 0 Å². The van der Waals surface area contributed by atoms with Gasteiger partial charge in [0, 0.05) is 12.0 Å². The quantitative estimate of drug-likeness (QED) is 0.227. The fourth-order valence-corrected chi connectivity index (χ4v) is 2.95.